The molecule has 0 aromatic heterocycles. The largest absolute Gasteiger partial charge is 0.484 e. The fourth-order valence-electron chi connectivity index (χ4n) is 3.46. The molecule has 0 bridgehead atoms. The van der Waals surface area contributed by atoms with Gasteiger partial charge >= 0.3 is 0 Å². The van der Waals surface area contributed by atoms with E-state index in [0.717, 1.165) is 29.7 Å². The van der Waals surface area contributed by atoms with Gasteiger partial charge in [-0.15, -0.1) is 0 Å². The highest BCUT2D eigenvalue weighted by atomic mass is 16.5. The normalized spacial score (nSPS) is 21.2. The average molecular weight is 357 g/mol. The first-order valence-corrected chi connectivity index (χ1v) is 8.98. The molecule has 2 aliphatic carbocycles. The van der Waals surface area contributed by atoms with Crippen LogP contribution < -0.4 is 10.2 Å². The molecule has 5 heteroatoms. The fourth-order valence-corrected chi connectivity index (χ4v) is 3.46. The summed E-state index contributed by atoms with van der Waals surface area (Å²) in [7, 11) is 0. The minimum atomic E-state index is -0.256. The number of ether oxygens (including phenoxy) is 1. The molecular weight excluding hydrogens is 338 g/mol. The number of rotatable bonds is 5. The molecule has 2 aromatic rings. The van der Waals surface area contributed by atoms with Crippen LogP contribution in [0.3, 0.4) is 0 Å². The van der Waals surface area contributed by atoms with E-state index in [1.165, 1.54) is 0 Å². The van der Waals surface area contributed by atoms with E-state index in [2.05, 4.69) is 28.7 Å². The lowest BCUT2D eigenvalue weighted by Crippen LogP contribution is -2.36. The summed E-state index contributed by atoms with van der Waals surface area (Å²) in [6, 6.07) is 17.0. The number of nitrogens with one attached hydrogen (secondary N) is 1. The third-order valence-electron chi connectivity index (χ3n) is 5.06. The molecule has 1 amide bonds. The number of nitriles is 1. The van der Waals surface area contributed by atoms with Crippen LogP contribution in [0, 0.1) is 23.2 Å². The van der Waals surface area contributed by atoms with Crippen molar-refractivity contribution in [3.63, 3.8) is 0 Å². The second kappa shape index (κ2) is 7.46. The van der Waals surface area contributed by atoms with E-state index in [-0.39, 0.29) is 12.5 Å². The van der Waals surface area contributed by atoms with Gasteiger partial charge in [0.05, 0.1) is 11.6 Å². The molecule has 5 nitrogen and oxygen atoms in total. The van der Waals surface area contributed by atoms with Gasteiger partial charge in [0.15, 0.2) is 6.61 Å². The Morgan fingerprint density at radius 3 is 2.52 bits per heavy atom. The molecule has 0 radical (unpaired) electrons. The van der Waals surface area contributed by atoms with E-state index in [0.29, 0.717) is 23.1 Å². The number of nitrogens with zero attached hydrogens (tertiary/aromatic N) is 2. The maximum Gasteiger partial charge on any atom is 0.277 e. The van der Waals surface area contributed by atoms with Gasteiger partial charge in [-0.2, -0.15) is 10.4 Å². The van der Waals surface area contributed by atoms with Crippen LogP contribution in [-0.2, 0) is 4.79 Å². The zero-order chi connectivity index (χ0) is 18.6. The topological polar surface area (TPSA) is 74.5 Å². The first kappa shape index (κ1) is 17.0. The van der Waals surface area contributed by atoms with Crippen molar-refractivity contribution in [3.05, 3.63) is 66.2 Å². The van der Waals surface area contributed by atoms with Gasteiger partial charge in [0.2, 0.25) is 0 Å². The number of hydrogen-bond acceptors (Lipinski definition) is 4. The Morgan fingerprint density at radius 2 is 1.85 bits per heavy atom. The predicted octanol–water partition coefficient (Wildman–Crippen LogP) is 3.67. The molecule has 27 heavy (non-hydrogen) atoms. The van der Waals surface area contributed by atoms with E-state index >= 15 is 0 Å². The van der Waals surface area contributed by atoms with Gasteiger partial charge in [-0.05, 0) is 54.2 Å². The van der Waals surface area contributed by atoms with Crippen LogP contribution in [0.15, 0.2) is 65.8 Å². The lowest BCUT2D eigenvalue weighted by Gasteiger charge is -2.31. The number of hydrogen-bond donors (Lipinski definition) is 1. The van der Waals surface area contributed by atoms with Gasteiger partial charge < -0.3 is 4.74 Å². The van der Waals surface area contributed by atoms with Crippen molar-refractivity contribution in [2.75, 3.05) is 6.61 Å². The highest BCUT2D eigenvalue weighted by Crippen LogP contribution is 2.40. The molecule has 0 unspecified atom stereocenters. The van der Waals surface area contributed by atoms with E-state index in [1.54, 1.807) is 12.1 Å². The van der Waals surface area contributed by atoms with Crippen LogP contribution in [-0.4, -0.2) is 18.2 Å². The maximum atomic E-state index is 11.9. The number of amides is 1. The van der Waals surface area contributed by atoms with Gasteiger partial charge in [-0.1, -0.05) is 36.4 Å². The summed E-state index contributed by atoms with van der Waals surface area (Å²) in [5, 5.41) is 13.1. The molecule has 2 aromatic carbocycles. The van der Waals surface area contributed by atoms with E-state index in [4.69, 9.17) is 10.00 Å². The second-order valence-electron chi connectivity index (χ2n) is 6.78. The Bertz CT molecular complexity index is 937. The molecule has 0 saturated heterocycles. The van der Waals surface area contributed by atoms with Gasteiger partial charge in [0, 0.05) is 11.6 Å². The molecule has 1 fully saturated rings. The SMILES string of the molecule is N#Cc1ccc(-c2ccc(OCC(=O)N/N=C3\C[C@H]4C=CC[C@@H]34)cc2)cc1. The number of hydrazone groups is 1. The Hall–Kier alpha value is -3.39. The number of carbonyl (C=O) groups is 1. The van der Waals surface area contributed by atoms with Crippen LogP contribution in [0.1, 0.15) is 18.4 Å². The molecule has 0 spiro atoms. The lowest BCUT2D eigenvalue weighted by atomic mass is 9.74. The predicted molar refractivity (Wildman–Crippen MR) is 103 cm³/mol. The Morgan fingerprint density at radius 1 is 1.15 bits per heavy atom. The van der Waals surface area contributed by atoms with Crippen molar-refractivity contribution in [1.29, 1.82) is 5.26 Å². The van der Waals surface area contributed by atoms with E-state index in [9.17, 15) is 4.79 Å². The van der Waals surface area contributed by atoms with Crippen molar-refractivity contribution < 1.29 is 9.53 Å². The van der Waals surface area contributed by atoms with Crippen LogP contribution in [0.2, 0.25) is 0 Å². The van der Waals surface area contributed by atoms with Gasteiger partial charge in [-0.25, -0.2) is 5.43 Å². The van der Waals surface area contributed by atoms with Crippen LogP contribution in [0.4, 0.5) is 0 Å². The molecular formula is C22H19N3O2. The number of fused-ring (bicyclic) bond motifs is 1. The van der Waals surface area contributed by atoms with Crippen molar-refractivity contribution in [2.45, 2.75) is 12.8 Å². The molecule has 0 aliphatic heterocycles. The standard InChI is InChI=1S/C22H19N3O2/c23-13-15-4-6-16(7-5-15)17-8-10-19(11-9-17)27-14-22(26)25-24-21-12-18-2-1-3-20(18)21/h1-2,4-11,18,20H,3,12,14H2,(H,25,26)/b24-21+/t18-,20-/m1/s1. The summed E-state index contributed by atoms with van der Waals surface area (Å²) in [5.74, 6) is 1.47. The van der Waals surface area contributed by atoms with Crippen molar-refractivity contribution in [3.8, 4) is 22.9 Å². The Balaban J connectivity index is 1.27. The third-order valence-corrected chi connectivity index (χ3v) is 5.06. The molecule has 1 N–H and O–H groups in total. The monoisotopic (exact) mass is 357 g/mol. The number of allylic oxidation sites excluding steroid dienone is 2. The van der Waals surface area contributed by atoms with Gasteiger partial charge in [0.25, 0.3) is 5.91 Å². The van der Waals surface area contributed by atoms with Crippen LogP contribution in [0.25, 0.3) is 11.1 Å². The minimum absolute atomic E-state index is 0.0701. The fraction of sp³-hybridized carbons (Fsp3) is 0.227. The number of benzene rings is 2. The second-order valence-corrected chi connectivity index (χ2v) is 6.78. The Labute approximate surface area is 158 Å². The zero-order valence-electron chi connectivity index (χ0n) is 14.8. The minimum Gasteiger partial charge on any atom is -0.484 e. The van der Waals surface area contributed by atoms with Crippen molar-refractivity contribution >= 4 is 11.6 Å². The van der Waals surface area contributed by atoms with E-state index < -0.39 is 0 Å². The zero-order valence-corrected chi connectivity index (χ0v) is 14.8. The highest BCUT2D eigenvalue weighted by molar-refractivity contribution is 5.94. The van der Waals surface area contributed by atoms with Crippen molar-refractivity contribution in [1.82, 2.24) is 5.43 Å². The smallest absolute Gasteiger partial charge is 0.277 e. The van der Waals surface area contributed by atoms with Gasteiger partial charge in [-0.3, -0.25) is 4.79 Å². The van der Waals surface area contributed by atoms with E-state index in [1.807, 2.05) is 36.4 Å². The van der Waals surface area contributed by atoms with Crippen LogP contribution >= 0.6 is 0 Å². The maximum absolute atomic E-state index is 11.9. The van der Waals surface area contributed by atoms with Crippen LogP contribution in [0.5, 0.6) is 5.75 Å². The van der Waals surface area contributed by atoms with Gasteiger partial charge in [0.1, 0.15) is 5.75 Å². The highest BCUT2D eigenvalue weighted by Gasteiger charge is 2.37. The summed E-state index contributed by atoms with van der Waals surface area (Å²) in [6.07, 6.45) is 6.39. The molecule has 1 saturated carbocycles. The third kappa shape index (κ3) is 3.75. The average Bonchev–Trinajstić information content (AvgIpc) is 3.08. The molecule has 2 atom stereocenters. The van der Waals surface area contributed by atoms with Crippen molar-refractivity contribution in [2.24, 2.45) is 16.9 Å². The summed E-state index contributed by atoms with van der Waals surface area (Å²) in [5.41, 5.74) is 6.34. The first-order chi connectivity index (χ1) is 13.2. The lowest BCUT2D eigenvalue weighted by molar-refractivity contribution is -0.123. The number of carbonyl (C=O) groups excluding carboxylic acids is 1. The summed E-state index contributed by atoms with van der Waals surface area (Å²) < 4.78 is 5.53. The molecule has 0 heterocycles. The Kier molecular flexibility index (Phi) is 4.71. The first-order valence-electron chi connectivity index (χ1n) is 8.98. The summed E-state index contributed by atoms with van der Waals surface area (Å²) in [6.45, 7) is -0.0701. The quantitative estimate of drug-likeness (QED) is 0.655. The molecule has 4 rings (SSSR count). The summed E-state index contributed by atoms with van der Waals surface area (Å²) >= 11 is 0. The summed E-state index contributed by atoms with van der Waals surface area (Å²) in [4.78, 5) is 11.9. The molecule has 134 valence electrons. The molecule has 2 aliphatic rings.